The summed E-state index contributed by atoms with van der Waals surface area (Å²) in [6, 6.07) is 12.4. The molecule has 0 saturated carbocycles. The molecule has 1 heterocycles. The topological polar surface area (TPSA) is 81.5 Å². The maximum atomic E-state index is 11.7. The lowest BCUT2D eigenvalue weighted by molar-refractivity contribution is -0.384. The second-order valence-corrected chi connectivity index (χ2v) is 7.33. The second kappa shape index (κ2) is 6.44. The van der Waals surface area contributed by atoms with Crippen LogP contribution in [0.25, 0.3) is 0 Å². The van der Waals surface area contributed by atoms with E-state index in [9.17, 15) is 14.9 Å². The minimum Gasteiger partial charge on any atom is -0.457 e. The van der Waals surface area contributed by atoms with Crippen LogP contribution in [0.15, 0.2) is 42.5 Å². The van der Waals surface area contributed by atoms with Gasteiger partial charge in [0.2, 0.25) is 0 Å². The number of nitrogens with zero attached hydrogens (tertiary/aromatic N) is 1. The molecule has 0 saturated heterocycles. The molecule has 2 atom stereocenters. The number of ether oxygens (including phenoxy) is 1. The van der Waals surface area contributed by atoms with Gasteiger partial charge in [0, 0.05) is 35.7 Å². The number of hydrogen-bond donors (Lipinski definition) is 1. The number of rotatable bonds is 3. The summed E-state index contributed by atoms with van der Waals surface area (Å²) in [4.78, 5) is 22.2. The average molecular weight is 354 g/mol. The highest BCUT2D eigenvalue weighted by Gasteiger charge is 2.46. The standard InChI is InChI=1S/C20H22N2O4/c1-12-5-10-17-16(11-12)19(26-13(2)23)20(3,4)18(21-17)14-6-8-15(9-7-14)22(24)25/h5-11,18-19,21H,1-4H3/t18-,19+/m0/s1. The molecule has 2 aromatic rings. The Labute approximate surface area is 152 Å². The number of hydrogen-bond acceptors (Lipinski definition) is 5. The molecule has 6 heteroatoms. The molecule has 1 aliphatic rings. The van der Waals surface area contributed by atoms with E-state index in [1.807, 2.05) is 39.0 Å². The predicted molar refractivity (Wildman–Crippen MR) is 98.9 cm³/mol. The Morgan fingerprint density at radius 1 is 1.19 bits per heavy atom. The first-order valence-corrected chi connectivity index (χ1v) is 8.49. The van der Waals surface area contributed by atoms with E-state index in [-0.39, 0.29) is 17.7 Å². The summed E-state index contributed by atoms with van der Waals surface area (Å²) in [5, 5.41) is 14.4. The number of carbonyl (C=O) groups is 1. The largest absolute Gasteiger partial charge is 0.457 e. The van der Waals surface area contributed by atoms with E-state index in [0.29, 0.717) is 0 Å². The number of nitrogens with one attached hydrogen (secondary N) is 1. The van der Waals surface area contributed by atoms with Gasteiger partial charge in [-0.1, -0.05) is 43.7 Å². The summed E-state index contributed by atoms with van der Waals surface area (Å²) in [7, 11) is 0. The number of carbonyl (C=O) groups excluding carboxylic acids is 1. The summed E-state index contributed by atoms with van der Waals surface area (Å²) < 4.78 is 5.71. The van der Waals surface area contributed by atoms with Gasteiger partial charge in [0.05, 0.1) is 11.0 Å². The lowest BCUT2D eigenvalue weighted by Gasteiger charge is -2.46. The van der Waals surface area contributed by atoms with Gasteiger partial charge in [-0.15, -0.1) is 0 Å². The molecule has 0 fully saturated rings. The van der Waals surface area contributed by atoms with Crippen LogP contribution in [0.4, 0.5) is 11.4 Å². The molecule has 0 unspecified atom stereocenters. The van der Waals surface area contributed by atoms with Gasteiger partial charge in [-0.2, -0.15) is 0 Å². The molecule has 26 heavy (non-hydrogen) atoms. The van der Waals surface area contributed by atoms with Crippen molar-refractivity contribution in [2.24, 2.45) is 5.41 Å². The molecule has 0 bridgehead atoms. The number of fused-ring (bicyclic) bond motifs is 1. The van der Waals surface area contributed by atoms with E-state index in [4.69, 9.17) is 4.74 Å². The fourth-order valence-electron chi connectivity index (χ4n) is 3.61. The van der Waals surface area contributed by atoms with E-state index >= 15 is 0 Å². The summed E-state index contributed by atoms with van der Waals surface area (Å²) >= 11 is 0. The van der Waals surface area contributed by atoms with Gasteiger partial charge < -0.3 is 10.1 Å². The molecule has 2 aromatic carbocycles. The third-order valence-corrected chi connectivity index (χ3v) is 4.93. The minimum atomic E-state index is -0.456. The number of esters is 1. The van der Waals surface area contributed by atoms with E-state index < -0.39 is 16.4 Å². The highest BCUT2D eigenvalue weighted by molar-refractivity contribution is 5.68. The molecular weight excluding hydrogens is 332 g/mol. The molecule has 0 aromatic heterocycles. The van der Waals surface area contributed by atoms with Crippen molar-refractivity contribution in [2.45, 2.75) is 39.8 Å². The lowest BCUT2D eigenvalue weighted by atomic mass is 9.70. The Morgan fingerprint density at radius 2 is 1.85 bits per heavy atom. The highest BCUT2D eigenvalue weighted by Crippen LogP contribution is 2.53. The quantitative estimate of drug-likeness (QED) is 0.491. The van der Waals surface area contributed by atoms with Crippen LogP contribution in [0.1, 0.15) is 49.6 Å². The first-order valence-electron chi connectivity index (χ1n) is 8.49. The summed E-state index contributed by atoms with van der Waals surface area (Å²) in [5.41, 5.74) is 3.45. The van der Waals surface area contributed by atoms with Crippen LogP contribution in [0, 0.1) is 22.5 Å². The number of nitro groups is 1. The molecule has 1 aliphatic heterocycles. The fourth-order valence-corrected chi connectivity index (χ4v) is 3.61. The number of aryl methyl sites for hydroxylation is 1. The van der Waals surface area contributed by atoms with Gasteiger partial charge in [-0.3, -0.25) is 14.9 Å². The normalized spacial score (nSPS) is 20.6. The first-order chi connectivity index (χ1) is 12.2. The van der Waals surface area contributed by atoms with E-state index in [1.165, 1.54) is 19.1 Å². The van der Waals surface area contributed by atoms with Gasteiger partial charge in [-0.25, -0.2) is 0 Å². The van der Waals surface area contributed by atoms with Crippen molar-refractivity contribution in [3.8, 4) is 0 Å². The predicted octanol–water partition coefficient (Wildman–Crippen LogP) is 4.70. The average Bonchev–Trinajstić information content (AvgIpc) is 2.57. The van der Waals surface area contributed by atoms with Gasteiger partial charge in [0.25, 0.3) is 5.69 Å². The zero-order valence-electron chi connectivity index (χ0n) is 15.3. The second-order valence-electron chi connectivity index (χ2n) is 7.33. The van der Waals surface area contributed by atoms with Crippen LogP contribution >= 0.6 is 0 Å². The highest BCUT2D eigenvalue weighted by atomic mass is 16.6. The van der Waals surface area contributed by atoms with Crippen molar-refractivity contribution in [3.05, 3.63) is 69.3 Å². The Morgan fingerprint density at radius 3 is 2.42 bits per heavy atom. The summed E-state index contributed by atoms with van der Waals surface area (Å²) in [6.45, 7) is 7.48. The molecule has 0 amide bonds. The van der Waals surface area contributed by atoms with E-state index in [1.54, 1.807) is 12.1 Å². The van der Waals surface area contributed by atoms with E-state index in [2.05, 4.69) is 5.32 Å². The Kier molecular flexibility index (Phi) is 4.44. The molecule has 0 aliphatic carbocycles. The van der Waals surface area contributed by atoms with Gasteiger partial charge in [-0.05, 0) is 18.6 Å². The number of nitro benzene ring substituents is 1. The zero-order chi connectivity index (χ0) is 19.1. The summed E-state index contributed by atoms with van der Waals surface area (Å²) in [5.74, 6) is -0.333. The van der Waals surface area contributed by atoms with Crippen molar-refractivity contribution < 1.29 is 14.5 Å². The van der Waals surface area contributed by atoms with Crippen LogP contribution in [0.5, 0.6) is 0 Å². The maximum absolute atomic E-state index is 11.7. The van der Waals surface area contributed by atoms with Crippen molar-refractivity contribution in [2.75, 3.05) is 5.32 Å². The fraction of sp³-hybridized carbons (Fsp3) is 0.350. The molecule has 0 spiro atoms. The van der Waals surface area contributed by atoms with Crippen molar-refractivity contribution in [1.29, 1.82) is 0 Å². The summed E-state index contributed by atoms with van der Waals surface area (Å²) in [6.07, 6.45) is -0.420. The van der Waals surface area contributed by atoms with Crippen LogP contribution in [0.3, 0.4) is 0 Å². The van der Waals surface area contributed by atoms with Gasteiger partial charge in [0.1, 0.15) is 6.10 Å². The SMILES string of the molecule is CC(=O)O[C@@H]1c2cc(C)ccc2N[C@@H](c2ccc([N+](=O)[O-])cc2)C1(C)C. The van der Waals surface area contributed by atoms with Crippen molar-refractivity contribution in [3.63, 3.8) is 0 Å². The molecule has 0 radical (unpaired) electrons. The van der Waals surface area contributed by atoms with Crippen LogP contribution in [0.2, 0.25) is 0 Å². The Bertz CT molecular complexity index is 859. The van der Waals surface area contributed by atoms with Gasteiger partial charge >= 0.3 is 5.97 Å². The monoisotopic (exact) mass is 354 g/mol. The van der Waals surface area contributed by atoms with Crippen LogP contribution < -0.4 is 5.32 Å². The van der Waals surface area contributed by atoms with Crippen LogP contribution in [-0.2, 0) is 9.53 Å². The zero-order valence-corrected chi connectivity index (χ0v) is 15.3. The Hall–Kier alpha value is -2.89. The Balaban J connectivity index is 2.08. The first kappa shape index (κ1) is 17.9. The molecule has 6 nitrogen and oxygen atoms in total. The lowest BCUT2D eigenvalue weighted by Crippen LogP contribution is -2.40. The minimum absolute atomic E-state index is 0.0509. The maximum Gasteiger partial charge on any atom is 0.303 e. The molecule has 136 valence electrons. The van der Waals surface area contributed by atoms with Crippen molar-refractivity contribution in [1.82, 2.24) is 0 Å². The smallest absolute Gasteiger partial charge is 0.303 e. The third kappa shape index (κ3) is 3.14. The number of non-ortho nitro benzene ring substituents is 1. The third-order valence-electron chi connectivity index (χ3n) is 4.93. The van der Waals surface area contributed by atoms with Crippen molar-refractivity contribution >= 4 is 17.3 Å². The number of benzene rings is 2. The molecule has 1 N–H and O–H groups in total. The molecular formula is C20H22N2O4. The van der Waals surface area contributed by atoms with E-state index in [0.717, 1.165) is 22.4 Å². The molecule has 3 rings (SSSR count). The van der Waals surface area contributed by atoms with Crippen LogP contribution in [-0.4, -0.2) is 10.9 Å². The number of anilines is 1. The van der Waals surface area contributed by atoms with Gasteiger partial charge in [0.15, 0.2) is 0 Å².